The number of imidazole rings is 1. The van der Waals surface area contributed by atoms with E-state index in [4.69, 9.17) is 9.72 Å². The van der Waals surface area contributed by atoms with E-state index in [2.05, 4.69) is 21.0 Å². The lowest BCUT2D eigenvalue weighted by Gasteiger charge is -2.28. The van der Waals surface area contributed by atoms with Crippen LogP contribution in [0.25, 0.3) is 11.0 Å². The van der Waals surface area contributed by atoms with E-state index < -0.39 is 11.9 Å². The van der Waals surface area contributed by atoms with E-state index in [1.54, 1.807) is 16.8 Å². The lowest BCUT2D eigenvalue weighted by molar-refractivity contribution is -0.143. The van der Waals surface area contributed by atoms with Gasteiger partial charge in [-0.25, -0.2) is 9.37 Å². The molecule has 2 aromatic carbocycles. The van der Waals surface area contributed by atoms with Crippen LogP contribution in [0.4, 0.5) is 4.39 Å². The van der Waals surface area contributed by atoms with Gasteiger partial charge >= 0.3 is 5.97 Å². The lowest BCUT2D eigenvalue weighted by atomic mass is 9.78. The van der Waals surface area contributed by atoms with Crippen LogP contribution in [0.1, 0.15) is 48.7 Å². The Kier molecular flexibility index (Phi) is 6.60. The highest BCUT2D eigenvalue weighted by Crippen LogP contribution is 2.39. The molecule has 2 unspecified atom stereocenters. The number of fused-ring (bicyclic) bond motifs is 1. The minimum atomic E-state index is -0.804. The van der Waals surface area contributed by atoms with Crippen molar-refractivity contribution in [1.82, 2.24) is 19.3 Å². The molecule has 1 fully saturated rings. The van der Waals surface area contributed by atoms with Gasteiger partial charge in [0.2, 0.25) is 0 Å². The third kappa shape index (κ3) is 4.96. The summed E-state index contributed by atoms with van der Waals surface area (Å²) in [5.74, 6) is -0.533. The number of aliphatic carboxylic acids is 1. The first-order valence-corrected chi connectivity index (χ1v) is 12.5. The van der Waals surface area contributed by atoms with Crippen molar-refractivity contribution < 1.29 is 19.0 Å². The zero-order valence-electron chi connectivity index (χ0n) is 19.3. The molecule has 35 heavy (non-hydrogen) atoms. The predicted octanol–water partition coefficient (Wildman–Crippen LogP) is 5.66. The summed E-state index contributed by atoms with van der Waals surface area (Å²) in [7, 11) is 1.85. The molecule has 1 aliphatic carbocycles. The van der Waals surface area contributed by atoms with Gasteiger partial charge in [-0.3, -0.25) is 9.48 Å². The molecule has 0 amide bonds. The van der Waals surface area contributed by atoms with E-state index in [-0.39, 0.29) is 18.3 Å². The van der Waals surface area contributed by atoms with Crippen molar-refractivity contribution >= 4 is 32.9 Å². The van der Waals surface area contributed by atoms with E-state index >= 15 is 0 Å². The fraction of sp³-hybridized carbons (Fsp3) is 0.346. The average Bonchev–Trinajstić information content (AvgIpc) is 3.43. The van der Waals surface area contributed by atoms with Crippen molar-refractivity contribution in [3.63, 3.8) is 0 Å². The lowest BCUT2D eigenvalue weighted by Crippen LogP contribution is -2.28. The molecule has 0 spiro atoms. The Bertz CT molecular complexity index is 1380. The van der Waals surface area contributed by atoms with Gasteiger partial charge < -0.3 is 14.4 Å². The Hall–Kier alpha value is -3.20. The molecule has 1 aliphatic rings. The number of carbonyl (C=O) groups is 1. The monoisotopic (exact) mass is 540 g/mol. The number of ether oxygens (including phenoxy) is 1. The Morgan fingerprint density at radius 3 is 2.80 bits per heavy atom. The van der Waals surface area contributed by atoms with Crippen LogP contribution in [0.3, 0.4) is 0 Å². The SMILES string of the molecule is Cn1ccc(COc2ccc3nc(C4CCCCC4C(=O)O)n(Cc4cc(Br)ccc4F)c3c2)n1. The van der Waals surface area contributed by atoms with Crippen molar-refractivity contribution in [3.8, 4) is 5.75 Å². The number of carboxylic acid groups (broad SMARTS) is 1. The highest BCUT2D eigenvalue weighted by molar-refractivity contribution is 9.10. The summed E-state index contributed by atoms with van der Waals surface area (Å²) in [6, 6.07) is 12.4. The van der Waals surface area contributed by atoms with Gasteiger partial charge in [-0.05, 0) is 49.2 Å². The van der Waals surface area contributed by atoms with Crippen molar-refractivity contribution in [2.24, 2.45) is 13.0 Å². The number of aromatic nitrogens is 4. The second-order valence-corrected chi connectivity index (χ2v) is 9.96. The summed E-state index contributed by atoms with van der Waals surface area (Å²) >= 11 is 3.43. The minimum Gasteiger partial charge on any atom is -0.487 e. The third-order valence-corrected chi connectivity index (χ3v) is 7.15. The van der Waals surface area contributed by atoms with Gasteiger partial charge in [0.25, 0.3) is 0 Å². The maximum atomic E-state index is 14.7. The van der Waals surface area contributed by atoms with Gasteiger partial charge in [0.15, 0.2) is 0 Å². The fourth-order valence-electron chi connectivity index (χ4n) is 4.93. The number of rotatable bonds is 7. The maximum Gasteiger partial charge on any atom is 0.307 e. The van der Waals surface area contributed by atoms with E-state index in [0.29, 0.717) is 30.2 Å². The highest BCUT2D eigenvalue weighted by atomic mass is 79.9. The minimum absolute atomic E-state index is 0.234. The fourth-order valence-corrected chi connectivity index (χ4v) is 5.34. The first-order valence-electron chi connectivity index (χ1n) is 11.7. The molecule has 0 radical (unpaired) electrons. The molecular formula is C26H26BrFN4O3. The largest absolute Gasteiger partial charge is 0.487 e. The first kappa shape index (κ1) is 23.5. The summed E-state index contributed by atoms with van der Waals surface area (Å²) in [5, 5.41) is 14.2. The van der Waals surface area contributed by atoms with Crippen molar-refractivity contribution in [1.29, 1.82) is 0 Å². The zero-order valence-corrected chi connectivity index (χ0v) is 20.9. The maximum absolute atomic E-state index is 14.7. The number of aryl methyl sites for hydroxylation is 1. The predicted molar refractivity (Wildman–Crippen MR) is 133 cm³/mol. The molecule has 7 nitrogen and oxygen atoms in total. The summed E-state index contributed by atoms with van der Waals surface area (Å²) in [6.07, 6.45) is 5.05. The quantitative estimate of drug-likeness (QED) is 0.327. The van der Waals surface area contributed by atoms with Crippen LogP contribution in [0.2, 0.25) is 0 Å². The van der Waals surface area contributed by atoms with Gasteiger partial charge in [0, 0.05) is 35.3 Å². The average molecular weight is 541 g/mol. The van der Waals surface area contributed by atoms with Crippen LogP contribution in [0, 0.1) is 11.7 Å². The van der Waals surface area contributed by atoms with Crippen LogP contribution in [-0.4, -0.2) is 30.4 Å². The number of hydrogen-bond acceptors (Lipinski definition) is 4. The van der Waals surface area contributed by atoms with Crippen molar-refractivity contribution in [3.05, 3.63) is 76.0 Å². The van der Waals surface area contributed by atoms with Gasteiger partial charge in [-0.2, -0.15) is 5.10 Å². The second-order valence-electron chi connectivity index (χ2n) is 9.05. The molecular weight excluding hydrogens is 515 g/mol. The standard InChI is InChI=1S/C26H26BrFN4O3/c1-31-11-10-18(30-31)15-35-19-7-9-23-24(13-19)32(14-16-12-17(27)6-8-22(16)28)25(29-23)20-4-2-3-5-21(20)26(33)34/h6-13,20-21H,2-5,14-15H2,1H3,(H,33,34). The first-order chi connectivity index (χ1) is 16.9. The molecule has 1 N–H and O–H groups in total. The van der Waals surface area contributed by atoms with E-state index in [1.165, 1.54) is 6.07 Å². The Morgan fingerprint density at radius 2 is 2.03 bits per heavy atom. The summed E-state index contributed by atoms with van der Waals surface area (Å²) in [4.78, 5) is 16.9. The summed E-state index contributed by atoms with van der Waals surface area (Å²) in [5.41, 5.74) is 2.83. The van der Waals surface area contributed by atoms with Crippen LogP contribution in [0.15, 0.2) is 53.1 Å². The number of halogens is 2. The van der Waals surface area contributed by atoms with E-state index in [1.807, 2.05) is 42.1 Å². The summed E-state index contributed by atoms with van der Waals surface area (Å²) in [6.45, 7) is 0.557. The normalized spacial score (nSPS) is 18.1. The molecule has 2 atom stereocenters. The number of carboxylic acids is 1. The van der Waals surface area contributed by atoms with Crippen LogP contribution < -0.4 is 4.74 Å². The Labute approximate surface area is 210 Å². The molecule has 1 saturated carbocycles. The molecule has 5 rings (SSSR count). The molecule has 9 heteroatoms. The number of benzene rings is 2. The van der Waals surface area contributed by atoms with Gasteiger partial charge in [0.1, 0.15) is 24.0 Å². The van der Waals surface area contributed by atoms with Gasteiger partial charge in [-0.15, -0.1) is 0 Å². The second kappa shape index (κ2) is 9.81. The smallest absolute Gasteiger partial charge is 0.307 e. The topological polar surface area (TPSA) is 82.2 Å². The number of hydrogen-bond donors (Lipinski definition) is 1. The van der Waals surface area contributed by atoms with Crippen molar-refractivity contribution in [2.45, 2.75) is 44.8 Å². The zero-order chi connectivity index (χ0) is 24.5. The van der Waals surface area contributed by atoms with Gasteiger partial charge in [-0.1, -0.05) is 28.8 Å². The van der Waals surface area contributed by atoms with Crippen LogP contribution in [-0.2, 0) is 25.0 Å². The summed E-state index contributed by atoms with van der Waals surface area (Å²) < 4.78 is 25.2. The Morgan fingerprint density at radius 1 is 1.20 bits per heavy atom. The molecule has 2 aromatic heterocycles. The van der Waals surface area contributed by atoms with Crippen LogP contribution >= 0.6 is 15.9 Å². The molecule has 182 valence electrons. The molecule has 4 aromatic rings. The molecule has 0 saturated heterocycles. The number of nitrogens with zero attached hydrogens (tertiary/aromatic N) is 4. The Balaban J connectivity index is 1.57. The molecule has 0 bridgehead atoms. The third-order valence-electron chi connectivity index (χ3n) is 6.66. The van der Waals surface area contributed by atoms with E-state index in [0.717, 1.165) is 40.5 Å². The van der Waals surface area contributed by atoms with Gasteiger partial charge in [0.05, 0.1) is 29.2 Å². The van der Waals surface area contributed by atoms with E-state index in [9.17, 15) is 14.3 Å². The molecule has 2 heterocycles. The van der Waals surface area contributed by atoms with Crippen molar-refractivity contribution in [2.75, 3.05) is 0 Å². The van der Waals surface area contributed by atoms with Crippen LogP contribution in [0.5, 0.6) is 5.75 Å². The highest BCUT2D eigenvalue weighted by Gasteiger charge is 2.35. The molecule has 0 aliphatic heterocycles.